The van der Waals surface area contributed by atoms with Crippen molar-refractivity contribution in [3.63, 3.8) is 0 Å². The molecule has 5 nitrogen and oxygen atoms in total. The summed E-state index contributed by atoms with van der Waals surface area (Å²) >= 11 is 0. The third-order valence-corrected chi connectivity index (χ3v) is 3.52. The number of benzene rings is 1. The molecule has 102 valence electrons. The number of hydrogen-bond donors (Lipinski definition) is 2. The van der Waals surface area contributed by atoms with Gasteiger partial charge in [0.05, 0.1) is 7.11 Å². The summed E-state index contributed by atoms with van der Waals surface area (Å²) in [5.74, 6) is -0.522. The third-order valence-electron chi connectivity index (χ3n) is 3.52. The van der Waals surface area contributed by atoms with Gasteiger partial charge in [-0.15, -0.1) is 0 Å². The summed E-state index contributed by atoms with van der Waals surface area (Å²) in [5, 5.41) is 1.74. The van der Waals surface area contributed by atoms with Gasteiger partial charge in [0.1, 0.15) is 11.2 Å². The van der Waals surface area contributed by atoms with E-state index in [0.29, 0.717) is 11.9 Å². The van der Waals surface area contributed by atoms with Crippen LogP contribution in [0.4, 0.5) is 0 Å². The van der Waals surface area contributed by atoms with Crippen molar-refractivity contribution in [3.8, 4) is 0 Å². The molecule has 20 heavy (non-hydrogen) atoms. The number of rotatable bonds is 2. The molecule has 0 fully saturated rings. The first-order valence-corrected chi connectivity index (χ1v) is 6.41. The second-order valence-electron chi connectivity index (χ2n) is 4.57. The summed E-state index contributed by atoms with van der Waals surface area (Å²) in [4.78, 5) is 29.7. The van der Waals surface area contributed by atoms with Crippen molar-refractivity contribution in [2.75, 3.05) is 7.11 Å². The lowest BCUT2D eigenvalue weighted by molar-refractivity contribution is 0.0592. The lowest BCUT2D eigenvalue weighted by Crippen LogP contribution is -2.17. The highest BCUT2D eigenvalue weighted by Gasteiger charge is 2.19. The minimum atomic E-state index is -0.522. The molecule has 0 bridgehead atoms. The normalized spacial score (nSPS) is 11.1. The zero-order valence-electron chi connectivity index (χ0n) is 11.2. The number of fused-ring (bicyclic) bond motifs is 3. The number of esters is 1. The maximum Gasteiger partial charge on any atom is 0.354 e. The monoisotopic (exact) mass is 270 g/mol. The number of aromatic amines is 2. The van der Waals surface area contributed by atoms with Crippen LogP contribution in [0.3, 0.4) is 0 Å². The molecule has 0 spiro atoms. The number of H-pyrrole nitrogens is 2. The largest absolute Gasteiger partial charge is 0.464 e. The Kier molecular flexibility index (Phi) is 2.82. The van der Waals surface area contributed by atoms with Crippen LogP contribution in [0.2, 0.25) is 0 Å². The average molecular weight is 270 g/mol. The smallest absolute Gasteiger partial charge is 0.354 e. The molecule has 2 aromatic heterocycles. The standard InChI is InChI=1S/C15H14N2O3/c1-3-8-11-9-6-4-5-7-10(9)16-13(11)14(18)17-12(8)15(19)20-2/h4-7,16H,3H2,1-2H3,(H,17,18). The lowest BCUT2D eigenvalue weighted by Gasteiger charge is -2.07. The number of aromatic nitrogens is 2. The molecule has 0 aliphatic rings. The Labute approximate surface area is 114 Å². The van der Waals surface area contributed by atoms with Crippen LogP contribution in [0.15, 0.2) is 29.1 Å². The van der Waals surface area contributed by atoms with Crippen molar-refractivity contribution >= 4 is 27.8 Å². The Morgan fingerprint density at radius 3 is 2.70 bits per heavy atom. The van der Waals surface area contributed by atoms with E-state index in [4.69, 9.17) is 4.74 Å². The number of nitrogens with one attached hydrogen (secondary N) is 2. The molecular weight excluding hydrogens is 256 g/mol. The van der Waals surface area contributed by atoms with E-state index in [9.17, 15) is 9.59 Å². The number of carbonyl (C=O) groups is 1. The molecule has 0 amide bonds. The molecule has 0 aliphatic heterocycles. The van der Waals surface area contributed by atoms with E-state index >= 15 is 0 Å². The molecule has 3 rings (SSSR count). The third kappa shape index (κ3) is 1.63. The molecule has 2 N–H and O–H groups in total. The number of aryl methyl sites for hydroxylation is 1. The fourth-order valence-corrected chi connectivity index (χ4v) is 2.63. The van der Waals surface area contributed by atoms with Crippen molar-refractivity contribution in [2.45, 2.75) is 13.3 Å². The lowest BCUT2D eigenvalue weighted by atomic mass is 10.0. The van der Waals surface area contributed by atoms with Crippen LogP contribution in [0.1, 0.15) is 23.0 Å². The highest BCUT2D eigenvalue weighted by atomic mass is 16.5. The number of hydrogen-bond acceptors (Lipinski definition) is 3. The van der Waals surface area contributed by atoms with E-state index in [-0.39, 0.29) is 11.3 Å². The summed E-state index contributed by atoms with van der Waals surface area (Å²) in [7, 11) is 1.31. The number of para-hydroxylation sites is 1. The SMILES string of the molecule is CCc1c(C(=O)OC)[nH]c(=O)c2[nH]c3ccccc3c12. The Balaban J connectivity index is 2.54. The minimum absolute atomic E-state index is 0.234. The molecule has 0 saturated carbocycles. The summed E-state index contributed by atoms with van der Waals surface area (Å²) in [6.07, 6.45) is 0.625. The Bertz CT molecular complexity index is 874. The maximum absolute atomic E-state index is 12.2. The van der Waals surface area contributed by atoms with Gasteiger partial charge in [-0.2, -0.15) is 0 Å². The zero-order chi connectivity index (χ0) is 14.3. The predicted molar refractivity (Wildman–Crippen MR) is 77.1 cm³/mol. The minimum Gasteiger partial charge on any atom is -0.464 e. The molecular formula is C15H14N2O3. The first-order chi connectivity index (χ1) is 9.67. The van der Waals surface area contributed by atoms with Gasteiger partial charge < -0.3 is 14.7 Å². The van der Waals surface area contributed by atoms with E-state index < -0.39 is 5.97 Å². The van der Waals surface area contributed by atoms with Crippen LogP contribution < -0.4 is 5.56 Å². The van der Waals surface area contributed by atoms with Crippen LogP contribution in [-0.2, 0) is 11.2 Å². The van der Waals surface area contributed by atoms with Crippen molar-refractivity contribution < 1.29 is 9.53 Å². The van der Waals surface area contributed by atoms with Gasteiger partial charge in [0.25, 0.3) is 5.56 Å². The van der Waals surface area contributed by atoms with Gasteiger partial charge in [-0.25, -0.2) is 4.79 Å². The van der Waals surface area contributed by atoms with Gasteiger partial charge in [0.2, 0.25) is 0 Å². The van der Waals surface area contributed by atoms with E-state index in [0.717, 1.165) is 21.9 Å². The van der Waals surface area contributed by atoms with Crippen molar-refractivity contribution in [1.82, 2.24) is 9.97 Å². The van der Waals surface area contributed by atoms with E-state index in [1.165, 1.54) is 7.11 Å². The average Bonchev–Trinajstić information content (AvgIpc) is 2.86. The van der Waals surface area contributed by atoms with Gasteiger partial charge in [-0.05, 0) is 18.1 Å². The van der Waals surface area contributed by atoms with Crippen LogP contribution >= 0.6 is 0 Å². The first-order valence-electron chi connectivity index (χ1n) is 6.41. The van der Waals surface area contributed by atoms with Crippen molar-refractivity contribution in [3.05, 3.63) is 45.9 Å². The van der Waals surface area contributed by atoms with E-state index in [1.54, 1.807) is 0 Å². The summed E-state index contributed by atoms with van der Waals surface area (Å²) in [6, 6.07) is 7.66. The molecule has 3 aromatic rings. The molecule has 2 heterocycles. The van der Waals surface area contributed by atoms with Crippen molar-refractivity contribution in [2.24, 2.45) is 0 Å². The predicted octanol–water partition coefficient (Wildman–Crippen LogP) is 2.36. The summed E-state index contributed by atoms with van der Waals surface area (Å²) in [6.45, 7) is 1.95. The van der Waals surface area contributed by atoms with Crippen LogP contribution in [0.5, 0.6) is 0 Å². The highest BCUT2D eigenvalue weighted by molar-refractivity contribution is 6.10. The Morgan fingerprint density at radius 1 is 1.25 bits per heavy atom. The molecule has 5 heteroatoms. The molecule has 0 atom stereocenters. The molecule has 0 aliphatic carbocycles. The quantitative estimate of drug-likeness (QED) is 0.702. The summed E-state index contributed by atoms with van der Waals surface area (Å²) < 4.78 is 4.75. The van der Waals surface area contributed by atoms with Crippen molar-refractivity contribution in [1.29, 1.82) is 0 Å². The van der Waals surface area contributed by atoms with E-state index in [2.05, 4.69) is 9.97 Å². The van der Waals surface area contributed by atoms with Gasteiger partial charge in [0.15, 0.2) is 0 Å². The summed E-state index contributed by atoms with van der Waals surface area (Å²) in [5.41, 5.74) is 2.09. The second-order valence-corrected chi connectivity index (χ2v) is 4.57. The number of methoxy groups -OCH3 is 1. The first kappa shape index (κ1) is 12.5. The van der Waals surface area contributed by atoms with Crippen LogP contribution in [-0.4, -0.2) is 23.0 Å². The van der Waals surface area contributed by atoms with Gasteiger partial charge in [-0.1, -0.05) is 25.1 Å². The van der Waals surface area contributed by atoms with Gasteiger partial charge in [-0.3, -0.25) is 4.79 Å². The molecule has 0 unspecified atom stereocenters. The van der Waals surface area contributed by atoms with E-state index in [1.807, 2.05) is 31.2 Å². The second kappa shape index (κ2) is 4.52. The molecule has 0 saturated heterocycles. The van der Waals surface area contributed by atoms with Crippen LogP contribution in [0, 0.1) is 0 Å². The highest BCUT2D eigenvalue weighted by Crippen LogP contribution is 2.28. The number of carbonyl (C=O) groups excluding carboxylic acids is 1. The number of ether oxygens (including phenoxy) is 1. The van der Waals surface area contributed by atoms with Gasteiger partial charge in [0, 0.05) is 16.3 Å². The number of pyridine rings is 1. The zero-order valence-corrected chi connectivity index (χ0v) is 11.2. The topological polar surface area (TPSA) is 75.0 Å². The molecule has 0 radical (unpaired) electrons. The fraction of sp³-hybridized carbons (Fsp3) is 0.200. The Hall–Kier alpha value is -2.56. The molecule has 1 aromatic carbocycles. The Morgan fingerprint density at radius 2 is 2.00 bits per heavy atom. The van der Waals surface area contributed by atoms with Crippen LogP contribution in [0.25, 0.3) is 21.8 Å². The maximum atomic E-state index is 12.2. The van der Waals surface area contributed by atoms with Gasteiger partial charge >= 0.3 is 5.97 Å². The fourth-order valence-electron chi connectivity index (χ4n) is 2.63.